The van der Waals surface area contributed by atoms with Crippen LogP contribution in [0.15, 0.2) is 29.1 Å². The highest BCUT2D eigenvalue weighted by Gasteiger charge is 2.43. The van der Waals surface area contributed by atoms with Crippen molar-refractivity contribution in [2.45, 2.75) is 38.4 Å². The number of hydrogen-bond donors (Lipinski definition) is 1. The maximum absolute atomic E-state index is 13.0. The second-order valence-corrected chi connectivity index (χ2v) is 6.45. The quantitative estimate of drug-likeness (QED) is 0.880. The van der Waals surface area contributed by atoms with Gasteiger partial charge in [0.2, 0.25) is 5.91 Å². The number of carboxylic acids is 1. The highest BCUT2D eigenvalue weighted by molar-refractivity contribution is 5.90. The van der Waals surface area contributed by atoms with Gasteiger partial charge in [0.25, 0.3) is 0 Å². The van der Waals surface area contributed by atoms with Crippen LogP contribution < -0.4 is 4.90 Å². The molecule has 2 atom stereocenters. The van der Waals surface area contributed by atoms with Crippen molar-refractivity contribution in [3.63, 3.8) is 0 Å². The first-order valence-corrected chi connectivity index (χ1v) is 8.16. The van der Waals surface area contributed by atoms with E-state index in [1.165, 1.54) is 0 Å². The molecule has 0 spiro atoms. The number of carboxylic acid groups (broad SMARTS) is 1. The Morgan fingerprint density at radius 2 is 2.12 bits per heavy atom. The number of rotatable bonds is 5. The Kier molecular flexibility index (Phi) is 4.52. The zero-order valence-electron chi connectivity index (χ0n) is 14.5. The van der Waals surface area contributed by atoms with Gasteiger partial charge in [0.1, 0.15) is 17.8 Å². The molecule has 134 valence electrons. The number of furan rings is 1. The number of carbonyl (C=O) groups is 2. The van der Waals surface area contributed by atoms with Crippen LogP contribution in [0.25, 0.3) is 0 Å². The smallest absolute Gasteiger partial charge is 0.326 e. The minimum Gasteiger partial charge on any atom is -0.480 e. The lowest BCUT2D eigenvalue weighted by atomic mass is 10.1. The number of anilines is 1. The predicted octanol–water partition coefficient (Wildman–Crippen LogP) is 1.40. The van der Waals surface area contributed by atoms with Crippen molar-refractivity contribution in [1.82, 2.24) is 14.7 Å². The maximum atomic E-state index is 13.0. The van der Waals surface area contributed by atoms with Crippen LogP contribution in [0.2, 0.25) is 0 Å². The third kappa shape index (κ3) is 3.24. The maximum Gasteiger partial charge on any atom is 0.326 e. The van der Waals surface area contributed by atoms with E-state index >= 15 is 0 Å². The molecule has 25 heavy (non-hydrogen) atoms. The molecule has 1 N–H and O–H groups in total. The fraction of sp³-hybridized carbons (Fsp3) is 0.471. The van der Waals surface area contributed by atoms with E-state index in [9.17, 15) is 14.7 Å². The number of likely N-dealkylation sites (N-methyl/N-ethyl adjacent to an activating group) is 1. The van der Waals surface area contributed by atoms with Gasteiger partial charge in [-0.25, -0.2) is 4.79 Å². The van der Waals surface area contributed by atoms with Gasteiger partial charge in [-0.3, -0.25) is 9.48 Å². The second-order valence-electron chi connectivity index (χ2n) is 6.45. The van der Waals surface area contributed by atoms with Gasteiger partial charge in [-0.05, 0) is 31.4 Å². The fourth-order valence-electron chi connectivity index (χ4n) is 3.31. The first-order chi connectivity index (χ1) is 11.9. The Balaban J connectivity index is 1.82. The normalized spacial score (nSPS) is 20.0. The molecule has 1 aliphatic rings. The Labute approximate surface area is 145 Å². The number of aliphatic carboxylic acids is 1. The van der Waals surface area contributed by atoms with Gasteiger partial charge < -0.3 is 19.3 Å². The summed E-state index contributed by atoms with van der Waals surface area (Å²) in [5, 5.41) is 13.6. The summed E-state index contributed by atoms with van der Waals surface area (Å²) in [5.41, 5.74) is 1.63. The summed E-state index contributed by atoms with van der Waals surface area (Å²) in [4.78, 5) is 27.8. The average molecular weight is 346 g/mol. The van der Waals surface area contributed by atoms with Crippen LogP contribution in [0.5, 0.6) is 0 Å². The van der Waals surface area contributed by atoms with Gasteiger partial charge in [-0.15, -0.1) is 0 Å². The third-order valence-electron chi connectivity index (χ3n) is 4.67. The lowest BCUT2D eigenvalue weighted by Crippen LogP contribution is -2.48. The van der Waals surface area contributed by atoms with E-state index in [0.29, 0.717) is 25.1 Å². The van der Waals surface area contributed by atoms with E-state index in [-0.39, 0.29) is 5.91 Å². The van der Waals surface area contributed by atoms with Gasteiger partial charge in [0, 0.05) is 20.3 Å². The Hall–Kier alpha value is -2.77. The van der Waals surface area contributed by atoms with Crippen molar-refractivity contribution in [3.05, 3.63) is 36.0 Å². The molecule has 8 heteroatoms. The van der Waals surface area contributed by atoms with Gasteiger partial charge in [0.15, 0.2) is 0 Å². The summed E-state index contributed by atoms with van der Waals surface area (Å²) in [6.45, 7) is 2.28. The van der Waals surface area contributed by atoms with Crippen molar-refractivity contribution >= 4 is 17.6 Å². The second kappa shape index (κ2) is 6.62. The number of amides is 1. The molecule has 1 aliphatic heterocycles. The molecule has 2 unspecified atom stereocenters. The molecule has 0 radical (unpaired) electrons. The van der Waals surface area contributed by atoms with Crippen molar-refractivity contribution in [2.75, 3.05) is 11.9 Å². The van der Waals surface area contributed by atoms with Gasteiger partial charge in [-0.2, -0.15) is 5.10 Å². The Morgan fingerprint density at radius 3 is 2.68 bits per heavy atom. The average Bonchev–Trinajstić information content (AvgIpc) is 3.26. The zero-order valence-corrected chi connectivity index (χ0v) is 14.5. The summed E-state index contributed by atoms with van der Waals surface area (Å²) in [5.74, 6) is -0.316. The molecule has 2 aromatic rings. The number of hydrogen-bond acceptors (Lipinski definition) is 5. The molecule has 0 aliphatic carbocycles. The van der Waals surface area contributed by atoms with Crippen molar-refractivity contribution < 1.29 is 19.1 Å². The molecule has 1 fully saturated rings. The van der Waals surface area contributed by atoms with E-state index < -0.39 is 18.1 Å². The molecule has 1 saturated heterocycles. The number of aryl methyl sites for hydroxylation is 2. The summed E-state index contributed by atoms with van der Waals surface area (Å²) in [6, 6.07) is 0.605. The van der Waals surface area contributed by atoms with E-state index in [1.54, 1.807) is 47.2 Å². The van der Waals surface area contributed by atoms with E-state index in [4.69, 9.17) is 4.42 Å². The third-order valence-corrected chi connectivity index (χ3v) is 4.67. The molecule has 1 amide bonds. The van der Waals surface area contributed by atoms with Gasteiger partial charge in [0.05, 0.1) is 24.7 Å². The fourth-order valence-corrected chi connectivity index (χ4v) is 3.31. The van der Waals surface area contributed by atoms with Crippen molar-refractivity contribution in [3.8, 4) is 0 Å². The minimum atomic E-state index is -0.927. The Morgan fingerprint density at radius 1 is 1.40 bits per heavy atom. The standard InChI is InChI=1S/C17H22N4O4/c1-11-6-7-25-15(11)10-19(2)16(22)13-4-5-14(17(23)24)21(13)12-8-18-20(3)9-12/h6-9,13-14H,4-5,10H2,1-3H3,(H,23,24). The monoisotopic (exact) mass is 346 g/mol. The Bertz CT molecular complexity index is 781. The molecule has 0 bridgehead atoms. The van der Waals surface area contributed by atoms with Crippen LogP contribution in [0.4, 0.5) is 5.69 Å². The summed E-state index contributed by atoms with van der Waals surface area (Å²) < 4.78 is 7.01. The topological polar surface area (TPSA) is 91.8 Å². The lowest BCUT2D eigenvalue weighted by molar-refractivity contribution is -0.138. The van der Waals surface area contributed by atoms with Crippen molar-refractivity contribution in [2.24, 2.45) is 7.05 Å². The number of carbonyl (C=O) groups excluding carboxylic acids is 1. The van der Waals surface area contributed by atoms with Crippen LogP contribution in [-0.2, 0) is 23.2 Å². The highest BCUT2D eigenvalue weighted by atomic mass is 16.4. The van der Waals surface area contributed by atoms with Crippen LogP contribution >= 0.6 is 0 Å². The first-order valence-electron chi connectivity index (χ1n) is 8.16. The van der Waals surface area contributed by atoms with Crippen LogP contribution in [0.3, 0.4) is 0 Å². The van der Waals surface area contributed by atoms with Crippen LogP contribution in [0, 0.1) is 6.92 Å². The largest absolute Gasteiger partial charge is 0.480 e. The summed E-state index contributed by atoms with van der Waals surface area (Å²) in [7, 11) is 3.47. The molecule has 0 aromatic carbocycles. The molecular formula is C17H22N4O4. The van der Waals surface area contributed by atoms with Crippen LogP contribution in [0.1, 0.15) is 24.2 Å². The van der Waals surface area contributed by atoms with Crippen LogP contribution in [-0.4, -0.2) is 50.8 Å². The summed E-state index contributed by atoms with van der Waals surface area (Å²) in [6.07, 6.45) is 5.85. The SMILES string of the molecule is Cc1ccoc1CN(C)C(=O)C1CCC(C(=O)O)N1c1cnn(C)c1. The van der Waals surface area contributed by atoms with Crippen molar-refractivity contribution in [1.29, 1.82) is 0 Å². The highest BCUT2D eigenvalue weighted by Crippen LogP contribution is 2.31. The zero-order chi connectivity index (χ0) is 18.1. The van der Waals surface area contributed by atoms with E-state index in [1.807, 2.05) is 13.0 Å². The molecule has 3 rings (SSSR count). The lowest BCUT2D eigenvalue weighted by Gasteiger charge is -2.30. The molecular weight excluding hydrogens is 324 g/mol. The molecule has 8 nitrogen and oxygen atoms in total. The first kappa shape index (κ1) is 17.1. The summed E-state index contributed by atoms with van der Waals surface area (Å²) >= 11 is 0. The molecule has 0 saturated carbocycles. The van der Waals surface area contributed by atoms with E-state index in [2.05, 4.69) is 5.10 Å². The predicted molar refractivity (Wildman–Crippen MR) is 90.1 cm³/mol. The van der Waals surface area contributed by atoms with Gasteiger partial charge in [-0.1, -0.05) is 0 Å². The molecule has 3 heterocycles. The van der Waals surface area contributed by atoms with E-state index in [0.717, 1.165) is 11.3 Å². The van der Waals surface area contributed by atoms with Gasteiger partial charge >= 0.3 is 5.97 Å². The number of aromatic nitrogens is 2. The minimum absolute atomic E-state index is 0.122. The number of nitrogens with zero attached hydrogens (tertiary/aromatic N) is 4. The molecule has 2 aromatic heterocycles.